The van der Waals surface area contributed by atoms with Crippen LogP contribution in [-0.2, 0) is 6.54 Å². The van der Waals surface area contributed by atoms with E-state index in [-0.39, 0.29) is 5.82 Å². The van der Waals surface area contributed by atoms with Crippen LogP contribution >= 0.6 is 0 Å². The summed E-state index contributed by atoms with van der Waals surface area (Å²) in [6.45, 7) is 2.47. The summed E-state index contributed by atoms with van der Waals surface area (Å²) in [5.74, 6) is 0.676. The molecule has 1 N–H and O–H groups in total. The molecule has 0 unspecified atom stereocenters. The molecule has 1 aliphatic rings. The first-order valence-corrected chi connectivity index (χ1v) is 6.64. The molecule has 3 nitrogen and oxygen atoms in total. The molecule has 1 aliphatic heterocycles. The van der Waals surface area contributed by atoms with Crippen LogP contribution in [0.15, 0.2) is 41.0 Å². The van der Waals surface area contributed by atoms with E-state index in [2.05, 4.69) is 10.2 Å². The Labute approximate surface area is 112 Å². The molecule has 1 saturated heterocycles. The van der Waals surface area contributed by atoms with E-state index in [0.717, 1.165) is 37.4 Å². The number of hydrogen-bond acceptors (Lipinski definition) is 3. The van der Waals surface area contributed by atoms with Crippen LogP contribution in [0.4, 0.5) is 15.8 Å². The van der Waals surface area contributed by atoms with E-state index in [0.29, 0.717) is 12.2 Å². The van der Waals surface area contributed by atoms with Crippen LogP contribution in [0.2, 0.25) is 0 Å². The van der Waals surface area contributed by atoms with Crippen molar-refractivity contribution in [2.75, 3.05) is 23.3 Å². The smallest absolute Gasteiger partial charge is 0.148 e. The molecule has 0 aliphatic carbocycles. The Bertz CT molecular complexity index is 533. The highest BCUT2D eigenvalue weighted by atomic mass is 19.1. The Kier molecular flexibility index (Phi) is 3.40. The second kappa shape index (κ2) is 5.34. The van der Waals surface area contributed by atoms with E-state index in [1.54, 1.807) is 12.3 Å². The summed E-state index contributed by atoms with van der Waals surface area (Å²) in [5, 5.41) is 3.15. The van der Waals surface area contributed by atoms with Crippen LogP contribution in [0.1, 0.15) is 18.6 Å². The van der Waals surface area contributed by atoms with Gasteiger partial charge in [-0.25, -0.2) is 4.39 Å². The third-order valence-corrected chi connectivity index (χ3v) is 3.44. The van der Waals surface area contributed by atoms with Gasteiger partial charge in [0.15, 0.2) is 0 Å². The molecule has 2 heterocycles. The Balaban J connectivity index is 1.68. The monoisotopic (exact) mass is 260 g/mol. The van der Waals surface area contributed by atoms with Crippen molar-refractivity contribution in [1.29, 1.82) is 0 Å². The topological polar surface area (TPSA) is 28.4 Å². The number of hydrogen-bond donors (Lipinski definition) is 1. The highest BCUT2D eigenvalue weighted by Gasteiger charge is 2.16. The number of nitrogens with zero attached hydrogens (tertiary/aromatic N) is 1. The quantitative estimate of drug-likeness (QED) is 0.910. The third kappa shape index (κ3) is 2.72. The third-order valence-electron chi connectivity index (χ3n) is 3.44. The lowest BCUT2D eigenvalue weighted by molar-refractivity contribution is 0.518. The molecule has 0 spiro atoms. The summed E-state index contributed by atoms with van der Waals surface area (Å²) in [6, 6.07) is 9.05. The van der Waals surface area contributed by atoms with Crippen molar-refractivity contribution < 1.29 is 8.81 Å². The molecule has 1 aromatic heterocycles. The van der Waals surface area contributed by atoms with Crippen LogP contribution in [0, 0.1) is 5.82 Å². The van der Waals surface area contributed by atoms with E-state index >= 15 is 0 Å². The minimum atomic E-state index is -0.161. The molecule has 4 heteroatoms. The summed E-state index contributed by atoms with van der Waals surface area (Å²) >= 11 is 0. The normalized spacial score (nSPS) is 14.9. The molecular formula is C15H17FN2O. The second-order valence-corrected chi connectivity index (χ2v) is 4.79. The molecule has 0 bridgehead atoms. The molecule has 0 atom stereocenters. The zero-order valence-electron chi connectivity index (χ0n) is 10.7. The number of anilines is 2. The van der Waals surface area contributed by atoms with Crippen LogP contribution < -0.4 is 10.2 Å². The highest BCUT2D eigenvalue weighted by Crippen LogP contribution is 2.26. The maximum Gasteiger partial charge on any atom is 0.148 e. The molecule has 0 amide bonds. The summed E-state index contributed by atoms with van der Waals surface area (Å²) in [6.07, 6.45) is 3.93. The predicted molar refractivity (Wildman–Crippen MR) is 73.9 cm³/mol. The fraction of sp³-hybridized carbons (Fsp3) is 0.333. The molecule has 2 aromatic rings. The van der Waals surface area contributed by atoms with Gasteiger partial charge in [-0.1, -0.05) is 0 Å². The number of halogens is 1. The number of benzene rings is 1. The van der Waals surface area contributed by atoms with Gasteiger partial charge in [0.05, 0.1) is 18.5 Å². The first-order valence-electron chi connectivity index (χ1n) is 6.64. The molecule has 0 saturated carbocycles. The summed E-state index contributed by atoms with van der Waals surface area (Å²) in [7, 11) is 0. The van der Waals surface area contributed by atoms with Gasteiger partial charge in [-0.3, -0.25) is 0 Å². The lowest BCUT2D eigenvalue weighted by atomic mass is 10.2. The van der Waals surface area contributed by atoms with Crippen molar-refractivity contribution in [3.63, 3.8) is 0 Å². The minimum absolute atomic E-state index is 0.161. The molecule has 19 heavy (non-hydrogen) atoms. The molecule has 3 rings (SSSR count). The zero-order chi connectivity index (χ0) is 13.1. The minimum Gasteiger partial charge on any atom is -0.467 e. The van der Waals surface area contributed by atoms with Gasteiger partial charge < -0.3 is 14.6 Å². The second-order valence-electron chi connectivity index (χ2n) is 4.79. The Morgan fingerprint density at radius 3 is 2.74 bits per heavy atom. The van der Waals surface area contributed by atoms with Crippen LogP contribution in [0.3, 0.4) is 0 Å². The average Bonchev–Trinajstić information content (AvgIpc) is 3.10. The van der Waals surface area contributed by atoms with Gasteiger partial charge in [-0.05, 0) is 43.2 Å². The van der Waals surface area contributed by atoms with Crippen molar-refractivity contribution in [1.82, 2.24) is 0 Å². The summed E-state index contributed by atoms with van der Waals surface area (Å²) in [4.78, 5) is 2.10. The SMILES string of the molecule is Fc1cc(NCc2ccco2)ccc1N1CCCC1. The zero-order valence-corrected chi connectivity index (χ0v) is 10.7. The van der Waals surface area contributed by atoms with E-state index < -0.39 is 0 Å². The first-order chi connectivity index (χ1) is 9.33. The largest absolute Gasteiger partial charge is 0.467 e. The van der Waals surface area contributed by atoms with E-state index in [1.807, 2.05) is 24.3 Å². The van der Waals surface area contributed by atoms with Crippen LogP contribution in [0.25, 0.3) is 0 Å². The van der Waals surface area contributed by atoms with Crippen molar-refractivity contribution in [2.45, 2.75) is 19.4 Å². The fourth-order valence-corrected chi connectivity index (χ4v) is 2.43. The molecule has 1 aromatic carbocycles. The molecule has 100 valence electrons. The van der Waals surface area contributed by atoms with Gasteiger partial charge >= 0.3 is 0 Å². The maximum atomic E-state index is 14.1. The first kappa shape index (κ1) is 12.1. The summed E-state index contributed by atoms with van der Waals surface area (Å²) < 4.78 is 19.3. The number of nitrogens with one attached hydrogen (secondary N) is 1. The average molecular weight is 260 g/mol. The van der Waals surface area contributed by atoms with Gasteiger partial charge in [0.25, 0.3) is 0 Å². The Hall–Kier alpha value is -1.97. The van der Waals surface area contributed by atoms with Crippen molar-refractivity contribution in [2.24, 2.45) is 0 Å². The van der Waals surface area contributed by atoms with E-state index in [4.69, 9.17) is 4.42 Å². The van der Waals surface area contributed by atoms with E-state index in [9.17, 15) is 4.39 Å². The number of rotatable bonds is 4. The van der Waals surface area contributed by atoms with Gasteiger partial charge in [0, 0.05) is 18.8 Å². The van der Waals surface area contributed by atoms with Gasteiger partial charge in [0.2, 0.25) is 0 Å². The van der Waals surface area contributed by atoms with Crippen molar-refractivity contribution in [3.8, 4) is 0 Å². The Morgan fingerprint density at radius 2 is 2.05 bits per heavy atom. The molecule has 0 radical (unpaired) electrons. The number of furan rings is 1. The van der Waals surface area contributed by atoms with Gasteiger partial charge in [-0.2, -0.15) is 0 Å². The standard InChI is InChI=1S/C15H17FN2O/c16-14-10-12(17-11-13-4-3-9-19-13)5-6-15(14)18-7-1-2-8-18/h3-6,9-10,17H,1-2,7-8,11H2. The van der Waals surface area contributed by atoms with Crippen LogP contribution in [0.5, 0.6) is 0 Å². The van der Waals surface area contributed by atoms with Crippen molar-refractivity contribution >= 4 is 11.4 Å². The van der Waals surface area contributed by atoms with Gasteiger partial charge in [0.1, 0.15) is 11.6 Å². The Morgan fingerprint density at radius 1 is 1.21 bits per heavy atom. The van der Waals surface area contributed by atoms with Crippen molar-refractivity contribution in [3.05, 3.63) is 48.2 Å². The van der Waals surface area contributed by atoms with E-state index in [1.165, 1.54) is 0 Å². The predicted octanol–water partition coefficient (Wildman–Crippen LogP) is 3.63. The van der Waals surface area contributed by atoms with Crippen LogP contribution in [-0.4, -0.2) is 13.1 Å². The fourth-order valence-electron chi connectivity index (χ4n) is 2.43. The van der Waals surface area contributed by atoms with Gasteiger partial charge in [-0.15, -0.1) is 0 Å². The molecule has 1 fully saturated rings. The molecular weight excluding hydrogens is 243 g/mol. The highest BCUT2D eigenvalue weighted by molar-refractivity contribution is 5.56. The summed E-state index contributed by atoms with van der Waals surface area (Å²) in [5.41, 5.74) is 1.48. The maximum absolute atomic E-state index is 14.1. The lowest BCUT2D eigenvalue weighted by Gasteiger charge is -2.18. The lowest BCUT2D eigenvalue weighted by Crippen LogP contribution is -2.18.